The SMILES string of the molecule is Cc1cccc(NC(=O)CSc2sc3c(O)cc(=O)[nH]c3c2C#N)c1C. The van der Waals surface area contributed by atoms with Gasteiger partial charge in [0.2, 0.25) is 5.91 Å². The van der Waals surface area contributed by atoms with Crippen molar-refractivity contribution in [1.82, 2.24) is 4.98 Å². The number of pyridine rings is 1. The maximum Gasteiger partial charge on any atom is 0.252 e. The van der Waals surface area contributed by atoms with Crippen molar-refractivity contribution in [2.24, 2.45) is 0 Å². The highest BCUT2D eigenvalue weighted by molar-refractivity contribution is 8.02. The zero-order valence-corrected chi connectivity index (χ0v) is 15.7. The second-order valence-electron chi connectivity index (χ2n) is 5.68. The van der Waals surface area contributed by atoms with Gasteiger partial charge in [-0.15, -0.1) is 23.1 Å². The summed E-state index contributed by atoms with van der Waals surface area (Å²) >= 11 is 2.38. The van der Waals surface area contributed by atoms with Crippen LogP contribution in [0.5, 0.6) is 5.75 Å². The van der Waals surface area contributed by atoms with Crippen LogP contribution in [0.1, 0.15) is 16.7 Å². The maximum atomic E-state index is 12.3. The number of hydrogen-bond acceptors (Lipinski definition) is 6. The van der Waals surface area contributed by atoms with Crippen LogP contribution in [-0.4, -0.2) is 21.8 Å². The van der Waals surface area contributed by atoms with Crippen molar-refractivity contribution in [3.05, 3.63) is 51.3 Å². The molecule has 0 unspecified atom stereocenters. The van der Waals surface area contributed by atoms with Crippen molar-refractivity contribution in [1.29, 1.82) is 5.26 Å². The maximum absolute atomic E-state index is 12.3. The zero-order valence-electron chi connectivity index (χ0n) is 14.0. The summed E-state index contributed by atoms with van der Waals surface area (Å²) in [5.41, 5.74) is 2.95. The number of fused-ring (bicyclic) bond motifs is 1. The smallest absolute Gasteiger partial charge is 0.252 e. The molecule has 0 radical (unpaired) electrons. The number of carbonyl (C=O) groups is 1. The van der Waals surface area contributed by atoms with Crippen molar-refractivity contribution in [3.63, 3.8) is 0 Å². The number of aryl methyl sites for hydroxylation is 1. The van der Waals surface area contributed by atoms with E-state index in [9.17, 15) is 20.0 Å². The summed E-state index contributed by atoms with van der Waals surface area (Å²) in [4.78, 5) is 26.4. The summed E-state index contributed by atoms with van der Waals surface area (Å²) in [5.74, 6) is -0.250. The minimum Gasteiger partial charge on any atom is -0.506 e. The topological polar surface area (TPSA) is 106 Å². The van der Waals surface area contributed by atoms with Crippen LogP contribution in [-0.2, 0) is 4.79 Å². The van der Waals surface area contributed by atoms with Crippen LogP contribution in [0.2, 0.25) is 0 Å². The Morgan fingerprint density at radius 3 is 2.92 bits per heavy atom. The highest BCUT2D eigenvalue weighted by Crippen LogP contribution is 2.39. The Balaban J connectivity index is 1.80. The molecule has 0 spiro atoms. The van der Waals surface area contributed by atoms with Crippen molar-refractivity contribution < 1.29 is 9.90 Å². The number of anilines is 1. The van der Waals surface area contributed by atoms with Crippen LogP contribution < -0.4 is 10.9 Å². The minimum atomic E-state index is -0.478. The summed E-state index contributed by atoms with van der Waals surface area (Å²) in [7, 11) is 0. The summed E-state index contributed by atoms with van der Waals surface area (Å²) in [5, 5.41) is 22.2. The van der Waals surface area contributed by atoms with Crippen molar-refractivity contribution in [2.75, 3.05) is 11.1 Å². The molecule has 0 bridgehead atoms. The average molecular weight is 385 g/mol. The van der Waals surface area contributed by atoms with Crippen LogP contribution in [0.4, 0.5) is 5.69 Å². The molecule has 0 fully saturated rings. The van der Waals surface area contributed by atoms with Gasteiger partial charge < -0.3 is 15.4 Å². The highest BCUT2D eigenvalue weighted by atomic mass is 32.2. The minimum absolute atomic E-state index is 0.111. The van der Waals surface area contributed by atoms with Crippen LogP contribution in [0, 0.1) is 25.2 Å². The molecular weight excluding hydrogens is 370 g/mol. The number of nitrogens with zero attached hydrogens (tertiary/aromatic N) is 1. The number of aromatic nitrogens is 1. The number of aromatic amines is 1. The van der Waals surface area contributed by atoms with Gasteiger partial charge in [-0.2, -0.15) is 5.26 Å². The van der Waals surface area contributed by atoms with E-state index in [1.807, 2.05) is 38.1 Å². The van der Waals surface area contributed by atoms with E-state index in [2.05, 4.69) is 10.3 Å². The summed E-state index contributed by atoms with van der Waals surface area (Å²) in [6.07, 6.45) is 0. The van der Waals surface area contributed by atoms with Crippen LogP contribution in [0.25, 0.3) is 10.2 Å². The van der Waals surface area contributed by atoms with Gasteiger partial charge in [0.05, 0.1) is 20.2 Å². The number of rotatable bonds is 4. The van der Waals surface area contributed by atoms with E-state index in [0.29, 0.717) is 14.4 Å². The van der Waals surface area contributed by atoms with Crippen molar-refractivity contribution >= 4 is 44.9 Å². The number of H-pyrrole nitrogens is 1. The number of aromatic hydroxyl groups is 1. The molecule has 0 atom stereocenters. The van der Waals surface area contributed by atoms with E-state index in [0.717, 1.165) is 22.9 Å². The van der Waals surface area contributed by atoms with Crippen molar-refractivity contribution in [2.45, 2.75) is 18.1 Å². The lowest BCUT2D eigenvalue weighted by molar-refractivity contribution is -0.113. The highest BCUT2D eigenvalue weighted by Gasteiger charge is 2.17. The van der Waals surface area contributed by atoms with E-state index in [-0.39, 0.29) is 23.0 Å². The predicted molar refractivity (Wildman–Crippen MR) is 104 cm³/mol. The fourth-order valence-electron chi connectivity index (χ4n) is 2.47. The molecular formula is C18H15N3O3S2. The molecule has 2 heterocycles. The van der Waals surface area contributed by atoms with E-state index >= 15 is 0 Å². The normalized spacial score (nSPS) is 10.7. The predicted octanol–water partition coefficient (Wildman–Crippen LogP) is 3.51. The Morgan fingerprint density at radius 2 is 2.19 bits per heavy atom. The third kappa shape index (κ3) is 3.45. The van der Waals surface area contributed by atoms with Gasteiger partial charge in [-0.25, -0.2) is 0 Å². The van der Waals surface area contributed by atoms with Gasteiger partial charge in [-0.05, 0) is 31.0 Å². The number of thioether (sulfide) groups is 1. The second kappa shape index (κ2) is 7.23. The lowest BCUT2D eigenvalue weighted by Crippen LogP contribution is -2.15. The molecule has 6 nitrogen and oxygen atoms in total. The van der Waals surface area contributed by atoms with E-state index in [4.69, 9.17) is 0 Å². The van der Waals surface area contributed by atoms with Gasteiger partial charge in [0.15, 0.2) is 0 Å². The van der Waals surface area contributed by atoms with Crippen LogP contribution in [0.15, 0.2) is 33.3 Å². The molecule has 2 aromatic heterocycles. The average Bonchev–Trinajstić information content (AvgIpc) is 2.95. The Bertz CT molecular complexity index is 1110. The molecule has 0 aliphatic carbocycles. The second-order valence-corrected chi connectivity index (χ2v) is 7.95. The van der Waals surface area contributed by atoms with Crippen LogP contribution in [0.3, 0.4) is 0 Å². The first-order valence-electron chi connectivity index (χ1n) is 7.68. The fraction of sp³-hybridized carbons (Fsp3) is 0.167. The quantitative estimate of drug-likeness (QED) is 0.596. The Kier molecular flexibility index (Phi) is 5.02. The number of amides is 1. The molecule has 8 heteroatoms. The Labute approximate surface area is 157 Å². The number of hydrogen-bond donors (Lipinski definition) is 3. The first-order chi connectivity index (χ1) is 12.4. The third-order valence-corrected chi connectivity index (χ3v) is 6.43. The monoisotopic (exact) mass is 385 g/mol. The molecule has 3 aromatic rings. The van der Waals surface area contributed by atoms with Crippen molar-refractivity contribution in [3.8, 4) is 11.8 Å². The lowest BCUT2D eigenvalue weighted by Gasteiger charge is -2.09. The number of nitrogens with one attached hydrogen (secondary N) is 2. The van der Waals surface area contributed by atoms with Gasteiger partial charge in [-0.1, -0.05) is 12.1 Å². The fourth-order valence-corrected chi connectivity index (χ4v) is 4.61. The Morgan fingerprint density at radius 1 is 1.42 bits per heavy atom. The van der Waals surface area contributed by atoms with Gasteiger partial charge in [0.25, 0.3) is 5.56 Å². The molecule has 26 heavy (non-hydrogen) atoms. The van der Waals surface area contributed by atoms with E-state index in [1.54, 1.807) is 0 Å². The molecule has 3 N–H and O–H groups in total. The molecule has 3 rings (SSSR count). The molecule has 0 aliphatic rings. The third-order valence-electron chi connectivity index (χ3n) is 3.95. The summed E-state index contributed by atoms with van der Waals surface area (Å²) in [6.45, 7) is 3.92. The molecule has 0 aliphatic heterocycles. The molecule has 0 saturated heterocycles. The van der Waals surface area contributed by atoms with E-state index in [1.165, 1.54) is 23.1 Å². The first kappa shape index (κ1) is 18.0. The van der Waals surface area contributed by atoms with Crippen LogP contribution >= 0.6 is 23.1 Å². The van der Waals surface area contributed by atoms with E-state index < -0.39 is 5.56 Å². The van der Waals surface area contributed by atoms with Gasteiger partial charge >= 0.3 is 0 Å². The number of carbonyl (C=O) groups excluding carboxylic acids is 1. The number of nitriles is 1. The molecule has 1 amide bonds. The number of benzene rings is 1. The summed E-state index contributed by atoms with van der Waals surface area (Å²) < 4.78 is 1.01. The van der Waals surface area contributed by atoms with Gasteiger partial charge in [-0.3, -0.25) is 9.59 Å². The first-order valence-corrected chi connectivity index (χ1v) is 9.48. The lowest BCUT2D eigenvalue weighted by atomic mass is 10.1. The summed E-state index contributed by atoms with van der Waals surface area (Å²) in [6, 6.07) is 8.81. The van der Waals surface area contributed by atoms with Gasteiger partial charge in [0, 0.05) is 11.8 Å². The molecule has 132 valence electrons. The number of thiophene rings is 1. The zero-order chi connectivity index (χ0) is 18.8. The molecule has 1 aromatic carbocycles. The largest absolute Gasteiger partial charge is 0.506 e. The Hall–Kier alpha value is -2.76. The standard InChI is InChI=1S/C18H15N3O3S2/c1-9-4-3-5-12(10(9)2)20-15(24)8-25-18-11(7-19)16-17(26-18)13(22)6-14(23)21-16/h3-6H,8H2,1-2H3,(H,20,24)(H2,21,22,23). The van der Waals surface area contributed by atoms with Gasteiger partial charge in [0.1, 0.15) is 17.4 Å². The molecule has 0 saturated carbocycles.